The first-order valence-corrected chi connectivity index (χ1v) is 23.4. The molecule has 0 amide bonds. The molecule has 5 aromatic carbocycles. The summed E-state index contributed by atoms with van der Waals surface area (Å²) in [6, 6.07) is 21.1. The number of aryl methyl sites for hydroxylation is 2. The molecule has 26 heteroatoms. The number of ketones is 3. The summed E-state index contributed by atoms with van der Waals surface area (Å²) in [7, 11) is -15.5. The molecule has 0 saturated heterocycles. The second-order valence-corrected chi connectivity index (χ2v) is 19.0. The summed E-state index contributed by atoms with van der Waals surface area (Å²) in [6.07, 6.45) is 2.52. The number of hydrogen-bond acceptors (Lipinski definition) is 20. The third kappa shape index (κ3) is 11.2. The SMILES string of the molecule is Cc1cc(-c2ccc(N/N=C3/C(=O)c4cc(N/N=C5\C=C(S(=O)(=O)[O-])c6cccc(O)c6C5=O)ccc4C=C3S(=O)(=O)[O-])c(C)c2)ccc1N/N=C1/C=C(S(=O)(=O)[O-])c2cccc(O)c2C1=O.[Na+].[Na+].[Na+]. The fraction of sp³-hybridized carbons (Fsp3) is 0.0455. The number of Topliss-reactive ketones (excluding diaryl/α,β-unsaturated/α-hetero) is 3. The minimum atomic E-state index is -5.27. The number of rotatable bonds is 10. The molecule has 0 fully saturated rings. The molecule has 3 aliphatic rings. The summed E-state index contributed by atoms with van der Waals surface area (Å²) in [5.74, 6) is -3.85. The van der Waals surface area contributed by atoms with Gasteiger partial charge in [0.15, 0.2) is 0 Å². The van der Waals surface area contributed by atoms with E-state index >= 15 is 0 Å². The van der Waals surface area contributed by atoms with Crippen LogP contribution in [-0.4, -0.2) is 83.6 Å². The topological polar surface area (TPSA) is 336 Å². The van der Waals surface area contributed by atoms with Crippen LogP contribution >= 0.6 is 0 Å². The first-order valence-electron chi connectivity index (χ1n) is 19.2. The molecule has 20 nitrogen and oxygen atoms in total. The van der Waals surface area contributed by atoms with Gasteiger partial charge in [0.05, 0.1) is 42.9 Å². The molecule has 3 aliphatic carbocycles. The molecule has 0 aliphatic heterocycles. The van der Waals surface area contributed by atoms with Crippen molar-refractivity contribution in [2.75, 3.05) is 16.3 Å². The van der Waals surface area contributed by atoms with Crippen molar-refractivity contribution in [1.82, 2.24) is 0 Å². The van der Waals surface area contributed by atoms with Gasteiger partial charge in [-0.15, -0.1) is 0 Å². The van der Waals surface area contributed by atoms with Gasteiger partial charge in [0, 0.05) is 16.7 Å². The van der Waals surface area contributed by atoms with Crippen LogP contribution in [0.2, 0.25) is 0 Å². The molecular formula is C44H29N6Na3O14S3. The van der Waals surface area contributed by atoms with E-state index in [0.717, 1.165) is 24.3 Å². The monoisotopic (exact) mass is 1030 g/mol. The molecule has 0 atom stereocenters. The minimum Gasteiger partial charge on any atom is -0.744 e. The van der Waals surface area contributed by atoms with Gasteiger partial charge in [-0.2, -0.15) is 15.3 Å². The summed E-state index contributed by atoms with van der Waals surface area (Å²) >= 11 is 0. The summed E-state index contributed by atoms with van der Waals surface area (Å²) in [4.78, 5) is 37.7. The largest absolute Gasteiger partial charge is 1.00 e. The fourth-order valence-electron chi connectivity index (χ4n) is 7.33. The maximum absolute atomic E-state index is 13.8. The van der Waals surface area contributed by atoms with Gasteiger partial charge in [0.1, 0.15) is 59.0 Å². The first-order chi connectivity index (χ1) is 31.5. The number of anilines is 3. The van der Waals surface area contributed by atoms with Crippen molar-refractivity contribution in [1.29, 1.82) is 0 Å². The fourth-order valence-corrected chi connectivity index (χ4v) is 9.37. The molecule has 0 radical (unpaired) electrons. The van der Waals surface area contributed by atoms with Crippen LogP contribution in [0, 0.1) is 13.8 Å². The second-order valence-electron chi connectivity index (χ2n) is 14.9. The van der Waals surface area contributed by atoms with Crippen molar-refractivity contribution in [2.24, 2.45) is 15.3 Å². The van der Waals surface area contributed by atoms with E-state index in [4.69, 9.17) is 0 Å². The maximum Gasteiger partial charge on any atom is 1.00 e. The van der Waals surface area contributed by atoms with Crippen LogP contribution in [0.25, 0.3) is 27.0 Å². The number of allylic oxidation sites excluding steroid dienone is 3. The molecule has 0 saturated carbocycles. The van der Waals surface area contributed by atoms with Crippen molar-refractivity contribution in [3.63, 3.8) is 0 Å². The molecule has 0 aromatic heterocycles. The van der Waals surface area contributed by atoms with Crippen molar-refractivity contribution >= 4 is 97.8 Å². The Kier molecular flexibility index (Phi) is 17.1. The number of nitrogens with zero attached hydrogens (tertiary/aromatic N) is 3. The summed E-state index contributed by atoms with van der Waals surface area (Å²) in [5, 5.41) is 32.6. The summed E-state index contributed by atoms with van der Waals surface area (Å²) in [6.45, 7) is 3.41. The number of phenols is 2. The molecule has 0 spiro atoms. The number of benzene rings is 5. The molecule has 5 N–H and O–H groups in total. The van der Waals surface area contributed by atoms with Gasteiger partial charge < -0.3 is 23.9 Å². The first kappa shape index (κ1) is 56.0. The van der Waals surface area contributed by atoms with Gasteiger partial charge in [0.2, 0.25) is 17.3 Å². The Hall–Kier alpha value is -4.93. The third-order valence-corrected chi connectivity index (χ3v) is 13.2. The predicted octanol–water partition coefficient (Wildman–Crippen LogP) is -3.95. The number of nitrogens with one attached hydrogen (secondary N) is 3. The molecule has 0 unspecified atom stereocenters. The number of aromatic hydroxyl groups is 2. The number of fused-ring (bicyclic) bond motifs is 3. The van der Waals surface area contributed by atoms with Crippen LogP contribution in [0.4, 0.5) is 17.1 Å². The zero-order valence-electron chi connectivity index (χ0n) is 37.3. The predicted molar refractivity (Wildman–Crippen MR) is 243 cm³/mol. The molecule has 340 valence electrons. The van der Waals surface area contributed by atoms with E-state index in [1.165, 1.54) is 48.5 Å². The van der Waals surface area contributed by atoms with Crippen molar-refractivity contribution in [3.05, 3.63) is 153 Å². The Bertz CT molecular complexity index is 3650. The number of hydrogen-bond donors (Lipinski definition) is 5. The zero-order chi connectivity index (χ0) is 48.3. The van der Waals surface area contributed by atoms with Crippen LogP contribution < -0.4 is 105 Å². The van der Waals surface area contributed by atoms with E-state index in [0.29, 0.717) is 33.6 Å². The van der Waals surface area contributed by atoms with Gasteiger partial charge in [-0.25, -0.2) is 25.3 Å². The Labute approximate surface area is 465 Å². The van der Waals surface area contributed by atoms with Crippen LogP contribution in [-0.2, 0) is 30.4 Å². The van der Waals surface area contributed by atoms with Gasteiger partial charge in [-0.05, 0) is 108 Å². The Morgan fingerprint density at radius 3 is 1.37 bits per heavy atom. The third-order valence-electron chi connectivity index (χ3n) is 10.6. The molecule has 8 rings (SSSR count). The number of carbonyl (C=O) groups excluding carboxylic acids is 3. The number of phenolic OH excluding ortho intramolecular Hbond substituents is 2. The molecule has 5 aromatic rings. The van der Waals surface area contributed by atoms with Gasteiger partial charge >= 0.3 is 88.7 Å². The van der Waals surface area contributed by atoms with Crippen LogP contribution in [0.5, 0.6) is 11.5 Å². The van der Waals surface area contributed by atoms with E-state index < -0.39 is 96.6 Å². The number of hydrazone groups is 3. The average molecular weight is 1030 g/mol. The van der Waals surface area contributed by atoms with Gasteiger partial charge in [-0.3, -0.25) is 30.7 Å². The Balaban J connectivity index is 0.00000304. The minimum absolute atomic E-state index is 0. The van der Waals surface area contributed by atoms with Crippen molar-refractivity contribution < 1.29 is 152 Å². The average Bonchev–Trinajstić information content (AvgIpc) is 3.25. The summed E-state index contributed by atoms with van der Waals surface area (Å²) in [5.41, 5.74) is 7.87. The van der Waals surface area contributed by atoms with E-state index in [9.17, 15) is 63.5 Å². The normalized spacial score (nSPS) is 16.0. The van der Waals surface area contributed by atoms with E-state index in [1.807, 2.05) is 0 Å². The Morgan fingerprint density at radius 2 is 0.929 bits per heavy atom. The maximum atomic E-state index is 13.8. The molecule has 0 heterocycles. The second kappa shape index (κ2) is 21.4. The van der Waals surface area contributed by atoms with Crippen molar-refractivity contribution in [3.8, 4) is 22.6 Å². The van der Waals surface area contributed by atoms with Crippen molar-refractivity contribution in [2.45, 2.75) is 13.8 Å². The molecule has 0 bridgehead atoms. The smallest absolute Gasteiger partial charge is 0.744 e. The van der Waals surface area contributed by atoms with Crippen LogP contribution in [0.15, 0.2) is 123 Å². The number of carbonyl (C=O) groups is 3. The van der Waals surface area contributed by atoms with E-state index in [2.05, 4.69) is 31.6 Å². The zero-order valence-corrected chi connectivity index (χ0v) is 45.7. The van der Waals surface area contributed by atoms with E-state index in [1.54, 1.807) is 50.2 Å². The van der Waals surface area contributed by atoms with Gasteiger partial charge in [0.25, 0.3) is 0 Å². The standard InChI is InChI=1S/C44H32N6O14S3.3Na/c1-21-15-23(10-13-30(21)46-49-33-20-37(66(59,60)61)28-6-4-8-35(52)40(28)44(33)55)24-11-14-31(22(2)16-24)47-50-41-38(67(62,63)64)17-25-9-12-26(18-29(25)42(41)53)45-48-32-19-36(65(56,57)58)27-5-3-7-34(51)39(27)43(32)54;;;/h3-20,45-47,51-52H,1-2H3,(H,56,57,58)(H,59,60,61)(H,62,63,64);;;/q;3*+1/p-3/b48-32+,49-33-,50-41+;;;. The molecular weight excluding hydrogens is 1000 g/mol. The van der Waals surface area contributed by atoms with Crippen LogP contribution in [0.3, 0.4) is 0 Å². The van der Waals surface area contributed by atoms with Gasteiger partial charge in [-0.1, -0.05) is 42.5 Å². The molecule has 70 heavy (non-hydrogen) atoms. The Morgan fingerprint density at radius 1 is 0.486 bits per heavy atom. The summed E-state index contributed by atoms with van der Waals surface area (Å²) < 4.78 is 109. The van der Waals surface area contributed by atoms with Crippen LogP contribution in [0.1, 0.15) is 58.9 Å². The quantitative estimate of drug-likeness (QED) is 0.0506. The van der Waals surface area contributed by atoms with E-state index in [-0.39, 0.29) is 122 Å².